The highest BCUT2D eigenvalue weighted by molar-refractivity contribution is 6.32. The molecule has 0 aromatic heterocycles. The molecular weight excluding hydrogens is 236 g/mol. The van der Waals surface area contributed by atoms with Crippen LogP contribution in [0.15, 0.2) is 6.07 Å². The normalized spacial score (nSPS) is 17.6. The maximum absolute atomic E-state index is 13.2. The number of nitriles is 1. The first-order chi connectivity index (χ1) is 7.52. The molecule has 0 unspecified atom stereocenters. The van der Waals surface area contributed by atoms with Gasteiger partial charge in [-0.25, -0.2) is 8.78 Å². The van der Waals surface area contributed by atoms with Crippen molar-refractivity contribution in [2.24, 2.45) is 0 Å². The predicted molar refractivity (Wildman–Crippen MR) is 54.2 cm³/mol. The summed E-state index contributed by atoms with van der Waals surface area (Å²) in [6.07, 6.45) is 1.88. The third-order valence-corrected chi connectivity index (χ3v) is 3.42. The average molecular weight is 244 g/mol. The third-order valence-electron chi connectivity index (χ3n) is 3.07. The van der Waals surface area contributed by atoms with E-state index >= 15 is 0 Å². The predicted octanol–water partition coefficient (Wildman–Crippen LogP) is 3.27. The lowest BCUT2D eigenvalue weighted by molar-refractivity contribution is 0.308. The summed E-state index contributed by atoms with van der Waals surface area (Å²) in [6.45, 7) is 0. The number of phenols is 1. The summed E-state index contributed by atoms with van der Waals surface area (Å²) in [5.74, 6) is -2.95. The SMILES string of the molecule is N#CC1(c2cc(F)c(F)c(Cl)c2O)CCC1. The van der Waals surface area contributed by atoms with Crippen LogP contribution in [-0.2, 0) is 5.41 Å². The first-order valence-electron chi connectivity index (χ1n) is 4.80. The number of phenolic OH excluding ortho intramolecular Hbond substituents is 1. The summed E-state index contributed by atoms with van der Waals surface area (Å²) in [6, 6.07) is 2.90. The summed E-state index contributed by atoms with van der Waals surface area (Å²) >= 11 is 5.46. The topological polar surface area (TPSA) is 44.0 Å². The maximum atomic E-state index is 13.2. The van der Waals surface area contributed by atoms with Gasteiger partial charge in [0.25, 0.3) is 0 Å². The summed E-state index contributed by atoms with van der Waals surface area (Å²) in [4.78, 5) is 0. The number of benzene rings is 1. The van der Waals surface area contributed by atoms with Crippen LogP contribution in [-0.4, -0.2) is 5.11 Å². The molecule has 1 aliphatic carbocycles. The fourth-order valence-electron chi connectivity index (χ4n) is 1.92. The molecule has 1 N–H and O–H groups in total. The zero-order valence-corrected chi connectivity index (χ0v) is 8.98. The van der Waals surface area contributed by atoms with Gasteiger partial charge in [0.2, 0.25) is 0 Å². The van der Waals surface area contributed by atoms with Gasteiger partial charge >= 0.3 is 0 Å². The first-order valence-corrected chi connectivity index (χ1v) is 5.18. The number of halogens is 3. The van der Waals surface area contributed by atoms with Crippen molar-refractivity contribution in [3.05, 3.63) is 28.3 Å². The second kappa shape index (κ2) is 3.60. The molecular formula is C11H8ClF2NO. The molecule has 84 valence electrons. The van der Waals surface area contributed by atoms with Gasteiger partial charge in [-0.1, -0.05) is 11.6 Å². The van der Waals surface area contributed by atoms with E-state index in [1.807, 2.05) is 6.07 Å². The lowest BCUT2D eigenvalue weighted by Crippen LogP contribution is -2.32. The third kappa shape index (κ3) is 1.35. The molecule has 2 rings (SSSR count). The van der Waals surface area contributed by atoms with Crippen molar-refractivity contribution in [3.8, 4) is 11.8 Å². The molecule has 0 spiro atoms. The van der Waals surface area contributed by atoms with Gasteiger partial charge < -0.3 is 5.11 Å². The van der Waals surface area contributed by atoms with Crippen molar-refractivity contribution in [2.75, 3.05) is 0 Å². The van der Waals surface area contributed by atoms with Crippen LogP contribution in [0.1, 0.15) is 24.8 Å². The Balaban J connectivity index is 2.63. The van der Waals surface area contributed by atoms with E-state index in [1.165, 1.54) is 0 Å². The van der Waals surface area contributed by atoms with Crippen molar-refractivity contribution in [1.29, 1.82) is 5.26 Å². The van der Waals surface area contributed by atoms with Gasteiger partial charge in [0.15, 0.2) is 11.6 Å². The summed E-state index contributed by atoms with van der Waals surface area (Å²) in [5, 5.41) is 18.0. The number of rotatable bonds is 1. The lowest BCUT2D eigenvalue weighted by atomic mass is 9.65. The molecule has 1 aliphatic rings. The molecule has 5 heteroatoms. The van der Waals surface area contributed by atoms with E-state index < -0.39 is 27.8 Å². The highest BCUT2D eigenvalue weighted by atomic mass is 35.5. The average Bonchev–Trinajstić information content (AvgIpc) is 2.21. The van der Waals surface area contributed by atoms with E-state index in [-0.39, 0.29) is 5.56 Å². The van der Waals surface area contributed by atoms with E-state index in [0.717, 1.165) is 12.5 Å². The standard InChI is InChI=1S/C11H8ClF2NO/c12-8-9(14)7(13)4-6(10(8)16)11(5-15)2-1-3-11/h4,16H,1-3H2. The zero-order valence-electron chi connectivity index (χ0n) is 8.23. The Morgan fingerprint density at radius 2 is 2.06 bits per heavy atom. The molecule has 2 nitrogen and oxygen atoms in total. The van der Waals surface area contributed by atoms with Crippen molar-refractivity contribution >= 4 is 11.6 Å². The molecule has 16 heavy (non-hydrogen) atoms. The van der Waals surface area contributed by atoms with E-state index in [0.29, 0.717) is 12.8 Å². The Labute approximate surface area is 96.1 Å². The van der Waals surface area contributed by atoms with Crippen molar-refractivity contribution in [1.82, 2.24) is 0 Å². The fraction of sp³-hybridized carbons (Fsp3) is 0.364. The number of aromatic hydroxyl groups is 1. The highest BCUT2D eigenvalue weighted by Crippen LogP contribution is 2.48. The van der Waals surface area contributed by atoms with Gasteiger partial charge in [-0.3, -0.25) is 0 Å². The summed E-state index contributed by atoms with van der Waals surface area (Å²) < 4.78 is 26.2. The van der Waals surface area contributed by atoms with Crippen LogP contribution >= 0.6 is 11.6 Å². The Kier molecular flexibility index (Phi) is 2.51. The van der Waals surface area contributed by atoms with Crippen molar-refractivity contribution in [3.63, 3.8) is 0 Å². The van der Waals surface area contributed by atoms with Gasteiger partial charge in [0.1, 0.15) is 10.8 Å². The smallest absolute Gasteiger partial charge is 0.181 e. The van der Waals surface area contributed by atoms with Gasteiger partial charge in [-0.15, -0.1) is 0 Å². The Hall–Kier alpha value is -1.34. The van der Waals surface area contributed by atoms with Crippen LogP contribution in [0.4, 0.5) is 8.78 Å². The molecule has 0 heterocycles. The van der Waals surface area contributed by atoms with Gasteiger partial charge in [-0.2, -0.15) is 5.26 Å². The van der Waals surface area contributed by atoms with E-state index in [1.54, 1.807) is 0 Å². The molecule has 1 aromatic rings. The summed E-state index contributed by atoms with van der Waals surface area (Å²) in [5.41, 5.74) is -0.826. The minimum Gasteiger partial charge on any atom is -0.506 e. The Bertz CT molecular complexity index is 492. The molecule has 1 fully saturated rings. The van der Waals surface area contributed by atoms with Crippen LogP contribution in [0.5, 0.6) is 5.75 Å². The second-order valence-electron chi connectivity index (χ2n) is 3.93. The quantitative estimate of drug-likeness (QED) is 0.770. The molecule has 1 saturated carbocycles. The van der Waals surface area contributed by atoms with Crippen molar-refractivity contribution in [2.45, 2.75) is 24.7 Å². The number of hydrogen-bond acceptors (Lipinski definition) is 2. The van der Waals surface area contributed by atoms with Gasteiger partial charge in [-0.05, 0) is 25.3 Å². The Morgan fingerprint density at radius 3 is 2.50 bits per heavy atom. The van der Waals surface area contributed by atoms with Crippen LogP contribution in [0.25, 0.3) is 0 Å². The highest BCUT2D eigenvalue weighted by Gasteiger charge is 2.42. The van der Waals surface area contributed by atoms with Crippen LogP contribution < -0.4 is 0 Å². The minimum absolute atomic E-state index is 0.0881. The molecule has 0 atom stereocenters. The van der Waals surface area contributed by atoms with Crippen molar-refractivity contribution < 1.29 is 13.9 Å². The first kappa shape index (κ1) is 11.2. The van der Waals surface area contributed by atoms with Gasteiger partial charge in [0, 0.05) is 5.56 Å². The number of hydrogen-bond donors (Lipinski definition) is 1. The number of nitrogens with zero attached hydrogens (tertiary/aromatic N) is 1. The van der Waals surface area contributed by atoms with Crippen LogP contribution in [0.3, 0.4) is 0 Å². The lowest BCUT2D eigenvalue weighted by Gasteiger charge is -2.36. The van der Waals surface area contributed by atoms with Crippen LogP contribution in [0.2, 0.25) is 5.02 Å². The molecule has 0 saturated heterocycles. The fourth-order valence-corrected chi connectivity index (χ4v) is 2.11. The largest absolute Gasteiger partial charge is 0.506 e. The minimum atomic E-state index is -1.28. The zero-order chi connectivity index (χ0) is 11.9. The van der Waals surface area contributed by atoms with Crippen LogP contribution in [0, 0.1) is 23.0 Å². The molecule has 1 aromatic carbocycles. The molecule has 0 amide bonds. The monoisotopic (exact) mass is 243 g/mol. The van der Waals surface area contributed by atoms with E-state index in [4.69, 9.17) is 16.9 Å². The molecule has 0 radical (unpaired) electrons. The summed E-state index contributed by atoms with van der Waals surface area (Å²) in [7, 11) is 0. The van der Waals surface area contributed by atoms with E-state index in [9.17, 15) is 13.9 Å². The maximum Gasteiger partial charge on any atom is 0.181 e. The Morgan fingerprint density at radius 1 is 1.44 bits per heavy atom. The molecule has 0 aliphatic heterocycles. The molecule has 0 bridgehead atoms. The second-order valence-corrected chi connectivity index (χ2v) is 4.31. The van der Waals surface area contributed by atoms with E-state index in [2.05, 4.69) is 0 Å². The van der Waals surface area contributed by atoms with Gasteiger partial charge in [0.05, 0.1) is 11.5 Å².